The lowest BCUT2D eigenvalue weighted by Crippen LogP contribution is -2.35. The molecule has 106 valence electrons. The van der Waals surface area contributed by atoms with Crippen LogP contribution in [0.25, 0.3) is 0 Å². The molecule has 0 saturated carbocycles. The van der Waals surface area contributed by atoms with Gasteiger partial charge in [-0.1, -0.05) is 0 Å². The number of benzene rings is 1. The molecule has 1 rings (SSSR count). The molecule has 0 atom stereocenters. The fraction of sp³-hybridized carbons (Fsp3) is 0.462. The van der Waals surface area contributed by atoms with Crippen molar-refractivity contribution in [2.24, 2.45) is 0 Å². The van der Waals surface area contributed by atoms with E-state index in [1.54, 1.807) is 4.90 Å². The zero-order valence-corrected chi connectivity index (χ0v) is 11.5. The average molecular weight is 269 g/mol. The van der Waals surface area contributed by atoms with E-state index in [1.807, 2.05) is 13.8 Å². The summed E-state index contributed by atoms with van der Waals surface area (Å²) in [4.78, 5) is 13.5. The zero-order valence-electron chi connectivity index (χ0n) is 11.5. The van der Waals surface area contributed by atoms with E-state index < -0.39 is 5.82 Å². The number of nitrogen functional groups attached to an aromatic ring is 1. The minimum Gasteiger partial charge on any atom is -0.495 e. The minimum atomic E-state index is -0.509. The Kier molecular flexibility index (Phi) is 5.41. The molecule has 0 radical (unpaired) electrons. The van der Waals surface area contributed by atoms with E-state index in [-0.39, 0.29) is 23.8 Å². The Morgan fingerprint density at radius 2 is 2.05 bits per heavy atom. The normalized spacial score (nSPS) is 10.1. The lowest BCUT2D eigenvalue weighted by atomic mass is 10.2. The highest BCUT2D eigenvalue weighted by Crippen LogP contribution is 2.28. The predicted molar refractivity (Wildman–Crippen MR) is 73.8 cm³/mol. The van der Waals surface area contributed by atoms with Crippen molar-refractivity contribution in [1.29, 1.82) is 0 Å². The highest BCUT2D eigenvalue weighted by atomic mass is 19.1. The SMILES string of the molecule is CCN(CC)C(=O)CNc1cc(OC)c(N)cc1F. The summed E-state index contributed by atoms with van der Waals surface area (Å²) in [6.07, 6.45) is 0. The van der Waals surface area contributed by atoms with E-state index in [2.05, 4.69) is 5.32 Å². The fourth-order valence-electron chi connectivity index (χ4n) is 1.74. The Labute approximate surface area is 112 Å². The van der Waals surface area contributed by atoms with Gasteiger partial charge in [0, 0.05) is 25.2 Å². The number of methoxy groups -OCH3 is 1. The number of carbonyl (C=O) groups excluding carboxylic acids is 1. The van der Waals surface area contributed by atoms with Gasteiger partial charge in [0.05, 0.1) is 25.0 Å². The average Bonchev–Trinajstić information content (AvgIpc) is 2.39. The van der Waals surface area contributed by atoms with Crippen molar-refractivity contribution >= 4 is 17.3 Å². The van der Waals surface area contributed by atoms with Crippen molar-refractivity contribution in [2.45, 2.75) is 13.8 Å². The summed E-state index contributed by atoms with van der Waals surface area (Å²) in [5.41, 5.74) is 6.00. The molecule has 3 N–H and O–H groups in total. The van der Waals surface area contributed by atoms with Gasteiger partial charge in [-0.25, -0.2) is 4.39 Å². The van der Waals surface area contributed by atoms with Gasteiger partial charge in [-0.05, 0) is 13.8 Å². The van der Waals surface area contributed by atoms with E-state index in [1.165, 1.54) is 19.2 Å². The highest BCUT2D eigenvalue weighted by Gasteiger charge is 2.12. The van der Waals surface area contributed by atoms with Gasteiger partial charge >= 0.3 is 0 Å². The fourth-order valence-corrected chi connectivity index (χ4v) is 1.74. The van der Waals surface area contributed by atoms with Crippen LogP contribution in [0.4, 0.5) is 15.8 Å². The van der Waals surface area contributed by atoms with Crippen molar-refractivity contribution < 1.29 is 13.9 Å². The van der Waals surface area contributed by atoms with Gasteiger partial charge in [-0.15, -0.1) is 0 Å². The number of amides is 1. The molecule has 0 aliphatic heterocycles. The monoisotopic (exact) mass is 269 g/mol. The maximum Gasteiger partial charge on any atom is 0.241 e. The molecule has 5 nitrogen and oxygen atoms in total. The zero-order chi connectivity index (χ0) is 14.4. The van der Waals surface area contributed by atoms with Crippen molar-refractivity contribution in [2.75, 3.05) is 37.8 Å². The van der Waals surface area contributed by atoms with Crippen molar-refractivity contribution in [3.05, 3.63) is 17.9 Å². The maximum atomic E-state index is 13.7. The number of rotatable bonds is 6. The van der Waals surface area contributed by atoms with E-state index >= 15 is 0 Å². The van der Waals surface area contributed by atoms with Crippen LogP contribution in [0.15, 0.2) is 12.1 Å². The van der Waals surface area contributed by atoms with Crippen LogP contribution in [-0.4, -0.2) is 37.6 Å². The molecule has 19 heavy (non-hydrogen) atoms. The quantitative estimate of drug-likeness (QED) is 0.771. The van der Waals surface area contributed by atoms with Crippen molar-refractivity contribution in [3.63, 3.8) is 0 Å². The van der Waals surface area contributed by atoms with Crippen LogP contribution in [0.3, 0.4) is 0 Å². The summed E-state index contributed by atoms with van der Waals surface area (Å²) in [6.45, 7) is 5.09. The Morgan fingerprint density at radius 3 is 2.58 bits per heavy atom. The lowest BCUT2D eigenvalue weighted by Gasteiger charge is -2.19. The largest absolute Gasteiger partial charge is 0.495 e. The Morgan fingerprint density at radius 1 is 1.42 bits per heavy atom. The van der Waals surface area contributed by atoms with Crippen LogP contribution in [0.2, 0.25) is 0 Å². The topological polar surface area (TPSA) is 67.6 Å². The van der Waals surface area contributed by atoms with Gasteiger partial charge in [0.1, 0.15) is 11.6 Å². The number of anilines is 2. The molecule has 1 amide bonds. The summed E-state index contributed by atoms with van der Waals surface area (Å²) < 4.78 is 18.7. The molecular formula is C13H20FN3O2. The first kappa shape index (κ1) is 15.1. The summed E-state index contributed by atoms with van der Waals surface area (Å²) >= 11 is 0. The molecule has 1 aromatic carbocycles. The van der Waals surface area contributed by atoms with Crippen molar-refractivity contribution in [1.82, 2.24) is 4.90 Å². The highest BCUT2D eigenvalue weighted by molar-refractivity contribution is 5.81. The Bertz CT molecular complexity index is 448. The lowest BCUT2D eigenvalue weighted by molar-refractivity contribution is -0.128. The first-order chi connectivity index (χ1) is 9.03. The number of hydrogen-bond donors (Lipinski definition) is 2. The second kappa shape index (κ2) is 6.82. The van der Waals surface area contributed by atoms with Crippen LogP contribution in [0, 0.1) is 5.82 Å². The van der Waals surface area contributed by atoms with Gasteiger partial charge in [0.15, 0.2) is 0 Å². The molecule has 0 fully saturated rings. The summed E-state index contributed by atoms with van der Waals surface area (Å²) in [6, 6.07) is 2.61. The summed E-state index contributed by atoms with van der Waals surface area (Å²) in [5.74, 6) is -0.218. The Balaban J connectivity index is 2.75. The number of halogens is 1. The smallest absolute Gasteiger partial charge is 0.241 e. The standard InChI is InChI=1S/C13H20FN3O2/c1-4-17(5-2)13(18)8-16-11-7-12(19-3)10(15)6-9(11)14/h6-7,16H,4-5,8,15H2,1-3H3. The van der Waals surface area contributed by atoms with E-state index in [0.717, 1.165) is 0 Å². The third-order valence-electron chi connectivity index (χ3n) is 2.87. The summed E-state index contributed by atoms with van der Waals surface area (Å²) in [7, 11) is 1.45. The predicted octanol–water partition coefficient (Wildman–Crippen LogP) is 1.70. The second-order valence-corrected chi connectivity index (χ2v) is 3.99. The molecule has 6 heteroatoms. The molecule has 0 aromatic heterocycles. The first-order valence-corrected chi connectivity index (χ1v) is 6.18. The summed E-state index contributed by atoms with van der Waals surface area (Å²) in [5, 5.41) is 2.76. The van der Waals surface area contributed by atoms with Crippen LogP contribution in [0.1, 0.15) is 13.8 Å². The third-order valence-corrected chi connectivity index (χ3v) is 2.87. The molecule has 0 saturated heterocycles. The number of nitrogens with zero attached hydrogens (tertiary/aromatic N) is 1. The molecule has 0 aliphatic carbocycles. The van der Waals surface area contributed by atoms with Gasteiger partial charge in [-0.2, -0.15) is 0 Å². The second-order valence-electron chi connectivity index (χ2n) is 3.99. The van der Waals surface area contributed by atoms with Gasteiger partial charge in [-0.3, -0.25) is 4.79 Å². The van der Waals surface area contributed by atoms with Gasteiger partial charge in [0.25, 0.3) is 0 Å². The first-order valence-electron chi connectivity index (χ1n) is 6.18. The van der Waals surface area contributed by atoms with E-state index in [0.29, 0.717) is 18.8 Å². The molecular weight excluding hydrogens is 249 g/mol. The molecule has 0 unspecified atom stereocenters. The number of hydrogen-bond acceptors (Lipinski definition) is 4. The number of nitrogens with two attached hydrogens (primary N) is 1. The van der Waals surface area contributed by atoms with Crippen LogP contribution >= 0.6 is 0 Å². The maximum absolute atomic E-state index is 13.7. The van der Waals surface area contributed by atoms with Crippen LogP contribution in [-0.2, 0) is 4.79 Å². The van der Waals surface area contributed by atoms with Crippen LogP contribution < -0.4 is 15.8 Å². The molecule has 0 spiro atoms. The molecule has 0 bridgehead atoms. The van der Waals surface area contributed by atoms with Gasteiger partial charge in [0.2, 0.25) is 5.91 Å². The molecule has 0 heterocycles. The van der Waals surface area contributed by atoms with E-state index in [9.17, 15) is 9.18 Å². The number of nitrogens with one attached hydrogen (secondary N) is 1. The third kappa shape index (κ3) is 3.74. The van der Waals surface area contributed by atoms with Crippen LogP contribution in [0.5, 0.6) is 5.75 Å². The van der Waals surface area contributed by atoms with Crippen molar-refractivity contribution in [3.8, 4) is 5.75 Å². The molecule has 0 aliphatic rings. The Hall–Kier alpha value is -1.98. The number of carbonyl (C=O) groups is 1. The minimum absolute atomic E-state index is 0.0334. The molecule has 1 aromatic rings. The van der Waals surface area contributed by atoms with Gasteiger partial charge < -0.3 is 20.7 Å². The van der Waals surface area contributed by atoms with E-state index in [4.69, 9.17) is 10.5 Å². The number of likely N-dealkylation sites (N-methyl/N-ethyl adjacent to an activating group) is 1. The number of ether oxygens (including phenoxy) is 1.